The van der Waals surface area contributed by atoms with Gasteiger partial charge in [-0.3, -0.25) is 4.79 Å². The molecule has 2 heterocycles. The highest BCUT2D eigenvalue weighted by Gasteiger charge is 2.24. The van der Waals surface area contributed by atoms with Crippen LogP contribution in [-0.2, 0) is 9.84 Å². The number of nitrogens with one attached hydrogen (secondary N) is 1. The van der Waals surface area contributed by atoms with E-state index in [-0.39, 0.29) is 10.9 Å². The van der Waals surface area contributed by atoms with E-state index in [1.165, 1.54) is 6.20 Å². The number of aromatic nitrogens is 2. The van der Waals surface area contributed by atoms with Crippen LogP contribution in [0.1, 0.15) is 35.3 Å². The molecular weight excluding hydrogens is 352 g/mol. The molecule has 2 aromatic rings. The molecule has 0 unspecified atom stereocenters. The predicted octanol–water partition coefficient (Wildman–Crippen LogP) is 2.43. The van der Waals surface area contributed by atoms with Crippen LogP contribution in [0.15, 0.2) is 35.6 Å². The highest BCUT2D eigenvalue weighted by atomic mass is 32.2. The van der Waals surface area contributed by atoms with E-state index >= 15 is 0 Å². The first kappa shape index (κ1) is 18.3. The van der Waals surface area contributed by atoms with Crippen molar-refractivity contribution in [3.8, 4) is 0 Å². The Morgan fingerprint density at radius 2 is 1.77 bits per heavy atom. The summed E-state index contributed by atoms with van der Waals surface area (Å²) in [7, 11) is -3.61. The van der Waals surface area contributed by atoms with Gasteiger partial charge in [0.1, 0.15) is 0 Å². The average molecular weight is 374 g/mol. The largest absolute Gasteiger partial charge is 0.368 e. The first-order valence-corrected chi connectivity index (χ1v) is 10.4. The van der Waals surface area contributed by atoms with E-state index in [4.69, 9.17) is 0 Å². The summed E-state index contributed by atoms with van der Waals surface area (Å²) < 4.78 is 23.6. The van der Waals surface area contributed by atoms with Crippen molar-refractivity contribution in [1.29, 1.82) is 0 Å². The fourth-order valence-electron chi connectivity index (χ4n) is 2.90. The Labute approximate surface area is 153 Å². The summed E-state index contributed by atoms with van der Waals surface area (Å²) in [5.41, 5.74) is 2.37. The normalized spacial score (nSPS) is 14.9. The number of hydrogen-bond acceptors (Lipinski definition) is 6. The number of hydrogen-bond donors (Lipinski definition) is 1. The van der Waals surface area contributed by atoms with Gasteiger partial charge in [0.25, 0.3) is 5.91 Å². The van der Waals surface area contributed by atoms with Gasteiger partial charge in [0, 0.05) is 25.0 Å². The van der Waals surface area contributed by atoms with Gasteiger partial charge in [0.05, 0.1) is 11.9 Å². The minimum atomic E-state index is -3.61. The van der Waals surface area contributed by atoms with Crippen molar-refractivity contribution in [3.05, 3.63) is 41.7 Å². The number of amides is 1. The lowest BCUT2D eigenvalue weighted by molar-refractivity contribution is 0.102. The molecule has 0 bridgehead atoms. The standard InChI is InChI=1S/C18H22N4O3S/c1-13-6-8-14(9-7-13)20-17(23)16-15(22-10-4-3-5-11-22)12-19-18(21-16)26(2,24)25/h6-9,12H,3-5,10-11H2,1-2H3,(H,20,23). The van der Waals surface area contributed by atoms with Crippen LogP contribution in [0.2, 0.25) is 0 Å². The first-order chi connectivity index (χ1) is 12.3. The molecule has 8 heteroatoms. The molecule has 0 atom stereocenters. The smallest absolute Gasteiger partial charge is 0.276 e. The van der Waals surface area contributed by atoms with Crippen molar-refractivity contribution in [2.75, 3.05) is 29.6 Å². The quantitative estimate of drug-likeness (QED) is 0.827. The molecular formula is C18H22N4O3S. The highest BCUT2D eigenvalue weighted by Crippen LogP contribution is 2.24. The van der Waals surface area contributed by atoms with Gasteiger partial charge in [-0.15, -0.1) is 0 Å². The Hall–Kier alpha value is -2.48. The second-order valence-electron chi connectivity index (χ2n) is 6.53. The van der Waals surface area contributed by atoms with E-state index in [2.05, 4.69) is 15.3 Å². The predicted molar refractivity (Wildman–Crippen MR) is 100 cm³/mol. The second kappa shape index (κ2) is 7.41. The van der Waals surface area contributed by atoms with Gasteiger partial charge in [-0.1, -0.05) is 17.7 Å². The number of carbonyl (C=O) groups is 1. The molecule has 1 aliphatic heterocycles. The van der Waals surface area contributed by atoms with Crippen molar-refractivity contribution in [2.45, 2.75) is 31.3 Å². The number of rotatable bonds is 4. The summed E-state index contributed by atoms with van der Waals surface area (Å²) in [4.78, 5) is 22.9. The number of benzene rings is 1. The molecule has 0 saturated carbocycles. The summed E-state index contributed by atoms with van der Waals surface area (Å²) >= 11 is 0. The maximum Gasteiger partial charge on any atom is 0.276 e. The van der Waals surface area contributed by atoms with Crippen molar-refractivity contribution >= 4 is 27.1 Å². The fourth-order valence-corrected chi connectivity index (χ4v) is 3.40. The summed E-state index contributed by atoms with van der Waals surface area (Å²) in [6.07, 6.45) is 5.66. The van der Waals surface area contributed by atoms with Gasteiger partial charge in [0.2, 0.25) is 15.0 Å². The molecule has 1 aromatic carbocycles. The van der Waals surface area contributed by atoms with Gasteiger partial charge in [-0.25, -0.2) is 18.4 Å². The minimum Gasteiger partial charge on any atom is -0.368 e. The van der Waals surface area contributed by atoms with E-state index < -0.39 is 15.7 Å². The summed E-state index contributed by atoms with van der Waals surface area (Å²) in [5, 5.41) is 2.45. The number of nitrogens with zero attached hydrogens (tertiary/aromatic N) is 3. The zero-order chi connectivity index (χ0) is 18.7. The molecule has 1 N–H and O–H groups in total. The SMILES string of the molecule is Cc1ccc(NC(=O)c2nc(S(C)(=O)=O)ncc2N2CCCCC2)cc1. The van der Waals surface area contributed by atoms with Crippen LogP contribution >= 0.6 is 0 Å². The third kappa shape index (κ3) is 4.19. The number of aryl methyl sites for hydroxylation is 1. The van der Waals surface area contributed by atoms with E-state index in [0.717, 1.165) is 44.2 Å². The highest BCUT2D eigenvalue weighted by molar-refractivity contribution is 7.90. The monoisotopic (exact) mass is 374 g/mol. The molecule has 1 amide bonds. The van der Waals surface area contributed by atoms with Crippen LogP contribution in [0.3, 0.4) is 0 Å². The molecule has 3 rings (SSSR count). The molecule has 0 spiro atoms. The summed E-state index contributed by atoms with van der Waals surface area (Å²) in [6.45, 7) is 3.56. The van der Waals surface area contributed by atoms with Gasteiger partial charge in [0.15, 0.2) is 5.69 Å². The zero-order valence-corrected chi connectivity index (χ0v) is 15.7. The topological polar surface area (TPSA) is 92.3 Å². The van der Waals surface area contributed by atoms with Crippen LogP contribution < -0.4 is 10.2 Å². The zero-order valence-electron chi connectivity index (χ0n) is 14.9. The molecule has 1 saturated heterocycles. The van der Waals surface area contributed by atoms with E-state index in [1.807, 2.05) is 24.0 Å². The molecule has 0 radical (unpaired) electrons. The lowest BCUT2D eigenvalue weighted by atomic mass is 10.1. The maximum absolute atomic E-state index is 12.8. The van der Waals surface area contributed by atoms with E-state index in [9.17, 15) is 13.2 Å². The molecule has 138 valence electrons. The van der Waals surface area contributed by atoms with Crippen LogP contribution in [0.5, 0.6) is 0 Å². The Kier molecular flexibility index (Phi) is 5.22. The lowest BCUT2D eigenvalue weighted by Gasteiger charge is -2.29. The third-order valence-electron chi connectivity index (χ3n) is 4.30. The molecule has 26 heavy (non-hydrogen) atoms. The lowest BCUT2D eigenvalue weighted by Crippen LogP contribution is -2.32. The van der Waals surface area contributed by atoms with Gasteiger partial charge < -0.3 is 10.2 Å². The first-order valence-electron chi connectivity index (χ1n) is 8.54. The van der Waals surface area contributed by atoms with Crippen molar-refractivity contribution in [3.63, 3.8) is 0 Å². The summed E-state index contributed by atoms with van der Waals surface area (Å²) in [5.74, 6) is -0.443. The van der Waals surface area contributed by atoms with Crippen LogP contribution in [0, 0.1) is 6.92 Å². The van der Waals surface area contributed by atoms with Crippen LogP contribution in [0.25, 0.3) is 0 Å². The van der Waals surface area contributed by atoms with E-state index in [0.29, 0.717) is 11.4 Å². The Balaban J connectivity index is 1.97. The number of carbonyl (C=O) groups excluding carboxylic acids is 1. The number of anilines is 2. The average Bonchev–Trinajstić information content (AvgIpc) is 2.63. The minimum absolute atomic E-state index is 0.0860. The number of piperidine rings is 1. The summed E-state index contributed by atoms with van der Waals surface area (Å²) in [6, 6.07) is 7.38. The Morgan fingerprint density at radius 3 is 2.38 bits per heavy atom. The Morgan fingerprint density at radius 1 is 1.12 bits per heavy atom. The molecule has 1 aliphatic rings. The third-order valence-corrected chi connectivity index (χ3v) is 5.16. The molecule has 0 aliphatic carbocycles. The maximum atomic E-state index is 12.8. The molecule has 1 fully saturated rings. The van der Waals surface area contributed by atoms with Crippen LogP contribution in [0.4, 0.5) is 11.4 Å². The van der Waals surface area contributed by atoms with Gasteiger partial charge in [-0.05, 0) is 38.3 Å². The van der Waals surface area contributed by atoms with Gasteiger partial charge in [-0.2, -0.15) is 0 Å². The van der Waals surface area contributed by atoms with Gasteiger partial charge >= 0.3 is 0 Å². The van der Waals surface area contributed by atoms with Crippen molar-refractivity contribution in [2.24, 2.45) is 0 Å². The van der Waals surface area contributed by atoms with Crippen molar-refractivity contribution < 1.29 is 13.2 Å². The fraction of sp³-hybridized carbons (Fsp3) is 0.389. The molecule has 1 aromatic heterocycles. The van der Waals surface area contributed by atoms with E-state index in [1.54, 1.807) is 12.1 Å². The van der Waals surface area contributed by atoms with Crippen LogP contribution in [-0.4, -0.2) is 43.6 Å². The Bertz CT molecular complexity index is 905. The molecule has 7 nitrogen and oxygen atoms in total. The second-order valence-corrected chi connectivity index (χ2v) is 8.44. The number of sulfone groups is 1. The van der Waals surface area contributed by atoms with Crippen molar-refractivity contribution in [1.82, 2.24) is 9.97 Å².